The standard InChI is InChI=1S/C22H16BrN3O/c23-17-13-10-16(11-14-17)12-15-21-24-22(19-8-4-5-9-20(19)27)26(25-21)18-6-2-1-3-7-18/h1-15,27H. The van der Waals surface area contributed by atoms with Crippen LogP contribution in [0.3, 0.4) is 0 Å². The minimum atomic E-state index is 0.172. The zero-order valence-corrected chi connectivity index (χ0v) is 15.9. The van der Waals surface area contributed by atoms with Crippen molar-refractivity contribution in [2.75, 3.05) is 0 Å². The van der Waals surface area contributed by atoms with Gasteiger partial charge in [0, 0.05) is 4.47 Å². The first kappa shape index (κ1) is 17.2. The first-order valence-electron chi connectivity index (χ1n) is 8.45. The third kappa shape index (κ3) is 3.83. The van der Waals surface area contributed by atoms with Crippen LogP contribution in [-0.4, -0.2) is 19.9 Å². The average molecular weight is 418 g/mol. The lowest BCUT2D eigenvalue weighted by Gasteiger charge is -2.06. The van der Waals surface area contributed by atoms with E-state index in [0.717, 1.165) is 15.7 Å². The summed E-state index contributed by atoms with van der Waals surface area (Å²) in [6.07, 6.45) is 3.83. The zero-order chi connectivity index (χ0) is 18.6. The van der Waals surface area contributed by atoms with Crippen LogP contribution in [0.5, 0.6) is 5.75 Å². The molecule has 0 amide bonds. The van der Waals surface area contributed by atoms with Crippen LogP contribution >= 0.6 is 15.9 Å². The molecule has 0 saturated heterocycles. The maximum Gasteiger partial charge on any atom is 0.175 e. The lowest BCUT2D eigenvalue weighted by Crippen LogP contribution is -1.99. The molecule has 132 valence electrons. The second kappa shape index (κ2) is 7.60. The second-order valence-corrected chi connectivity index (χ2v) is 6.86. The number of hydrogen-bond acceptors (Lipinski definition) is 3. The van der Waals surface area contributed by atoms with E-state index < -0.39 is 0 Å². The van der Waals surface area contributed by atoms with Crippen LogP contribution in [0.1, 0.15) is 11.4 Å². The fourth-order valence-corrected chi connectivity index (χ4v) is 2.99. The smallest absolute Gasteiger partial charge is 0.175 e. The van der Waals surface area contributed by atoms with Crippen molar-refractivity contribution in [2.45, 2.75) is 0 Å². The molecule has 1 aromatic heterocycles. The number of hydrogen-bond donors (Lipinski definition) is 1. The molecular weight excluding hydrogens is 402 g/mol. The summed E-state index contributed by atoms with van der Waals surface area (Å²) < 4.78 is 2.78. The normalized spacial score (nSPS) is 11.1. The van der Waals surface area contributed by atoms with E-state index in [1.54, 1.807) is 16.8 Å². The highest BCUT2D eigenvalue weighted by Crippen LogP contribution is 2.29. The molecule has 0 radical (unpaired) electrons. The SMILES string of the molecule is Oc1ccccc1-c1nc(C=Cc2ccc(Br)cc2)nn1-c1ccccc1. The maximum absolute atomic E-state index is 10.3. The van der Waals surface area contributed by atoms with Crippen molar-refractivity contribution < 1.29 is 5.11 Å². The molecule has 0 spiro atoms. The summed E-state index contributed by atoms with van der Waals surface area (Å²) in [6, 6.07) is 24.9. The van der Waals surface area contributed by atoms with Crippen LogP contribution < -0.4 is 0 Å². The van der Waals surface area contributed by atoms with Gasteiger partial charge in [0.1, 0.15) is 5.75 Å². The van der Waals surface area contributed by atoms with Crippen molar-refractivity contribution in [2.24, 2.45) is 0 Å². The first-order valence-corrected chi connectivity index (χ1v) is 9.24. The summed E-state index contributed by atoms with van der Waals surface area (Å²) >= 11 is 3.44. The molecule has 0 fully saturated rings. The number of para-hydroxylation sites is 2. The molecule has 4 nitrogen and oxygen atoms in total. The van der Waals surface area contributed by atoms with E-state index in [4.69, 9.17) is 0 Å². The summed E-state index contributed by atoms with van der Waals surface area (Å²) in [4.78, 5) is 4.65. The quantitative estimate of drug-likeness (QED) is 0.471. The van der Waals surface area contributed by atoms with Crippen molar-refractivity contribution in [1.29, 1.82) is 0 Å². The predicted molar refractivity (Wildman–Crippen MR) is 112 cm³/mol. The Morgan fingerprint density at radius 2 is 1.52 bits per heavy atom. The molecule has 4 aromatic rings. The molecule has 0 aliphatic carbocycles. The topological polar surface area (TPSA) is 50.9 Å². The molecule has 0 saturated carbocycles. The number of phenolic OH excluding ortho intramolecular Hbond substituents is 1. The van der Waals surface area contributed by atoms with Crippen molar-refractivity contribution in [3.8, 4) is 22.8 Å². The summed E-state index contributed by atoms with van der Waals surface area (Å²) in [6.45, 7) is 0. The van der Waals surface area contributed by atoms with Gasteiger partial charge in [-0.05, 0) is 48.0 Å². The van der Waals surface area contributed by atoms with Gasteiger partial charge < -0.3 is 5.11 Å². The summed E-state index contributed by atoms with van der Waals surface area (Å²) in [5.41, 5.74) is 2.57. The Balaban J connectivity index is 1.78. The van der Waals surface area contributed by atoms with Crippen LogP contribution in [0.15, 0.2) is 83.3 Å². The monoisotopic (exact) mass is 417 g/mol. The highest BCUT2D eigenvalue weighted by atomic mass is 79.9. The first-order chi connectivity index (χ1) is 13.2. The van der Waals surface area contributed by atoms with Crippen LogP contribution in [0, 0.1) is 0 Å². The molecule has 4 rings (SSSR count). The number of rotatable bonds is 4. The highest BCUT2D eigenvalue weighted by molar-refractivity contribution is 9.10. The van der Waals surface area contributed by atoms with E-state index in [0.29, 0.717) is 17.2 Å². The maximum atomic E-state index is 10.3. The third-order valence-electron chi connectivity index (χ3n) is 4.06. The zero-order valence-electron chi connectivity index (χ0n) is 14.3. The Labute approximate surface area is 165 Å². The van der Waals surface area contributed by atoms with Gasteiger partial charge in [-0.3, -0.25) is 0 Å². The molecule has 0 unspecified atom stereocenters. The van der Waals surface area contributed by atoms with Crippen LogP contribution in [0.2, 0.25) is 0 Å². The molecule has 0 aliphatic heterocycles. The number of benzene rings is 3. The van der Waals surface area contributed by atoms with Gasteiger partial charge in [-0.2, -0.15) is 0 Å². The predicted octanol–water partition coefficient (Wildman–Crippen LogP) is 5.57. The Hall–Kier alpha value is -3.18. The van der Waals surface area contributed by atoms with Crippen LogP contribution in [0.4, 0.5) is 0 Å². The van der Waals surface area contributed by atoms with Gasteiger partial charge in [0.15, 0.2) is 11.6 Å². The van der Waals surface area contributed by atoms with Crippen molar-refractivity contribution in [1.82, 2.24) is 14.8 Å². The summed E-state index contributed by atoms with van der Waals surface area (Å²) in [7, 11) is 0. The molecule has 3 aromatic carbocycles. The minimum absolute atomic E-state index is 0.172. The van der Waals surface area contributed by atoms with E-state index in [9.17, 15) is 5.11 Å². The van der Waals surface area contributed by atoms with Crippen LogP contribution in [0.25, 0.3) is 29.2 Å². The van der Waals surface area contributed by atoms with Crippen molar-refractivity contribution >= 4 is 28.1 Å². The van der Waals surface area contributed by atoms with Crippen LogP contribution in [-0.2, 0) is 0 Å². The van der Waals surface area contributed by atoms with E-state index in [-0.39, 0.29) is 5.75 Å². The highest BCUT2D eigenvalue weighted by Gasteiger charge is 2.15. The van der Waals surface area contributed by atoms with Gasteiger partial charge in [0.25, 0.3) is 0 Å². The molecule has 1 N–H and O–H groups in total. The molecule has 1 heterocycles. The Kier molecular flexibility index (Phi) is 4.85. The second-order valence-electron chi connectivity index (χ2n) is 5.94. The molecule has 0 atom stereocenters. The summed E-state index contributed by atoms with van der Waals surface area (Å²) in [5.74, 6) is 1.33. The largest absolute Gasteiger partial charge is 0.507 e. The number of phenols is 1. The molecule has 0 aliphatic rings. The fraction of sp³-hybridized carbons (Fsp3) is 0. The molecule has 0 bridgehead atoms. The van der Waals surface area contributed by atoms with Crippen molar-refractivity contribution in [3.63, 3.8) is 0 Å². The number of nitrogens with zero attached hydrogens (tertiary/aromatic N) is 3. The molecular formula is C22H16BrN3O. The molecule has 5 heteroatoms. The number of aromatic nitrogens is 3. The van der Waals surface area contributed by atoms with E-state index in [1.165, 1.54) is 0 Å². The average Bonchev–Trinajstić information content (AvgIpc) is 3.13. The summed E-state index contributed by atoms with van der Waals surface area (Å²) in [5, 5.41) is 14.9. The van der Waals surface area contributed by atoms with E-state index in [2.05, 4.69) is 26.0 Å². The Morgan fingerprint density at radius 3 is 2.26 bits per heavy atom. The van der Waals surface area contributed by atoms with Gasteiger partial charge in [-0.15, -0.1) is 5.10 Å². The lowest BCUT2D eigenvalue weighted by molar-refractivity contribution is 0.476. The van der Waals surface area contributed by atoms with E-state index in [1.807, 2.05) is 78.9 Å². The molecule has 27 heavy (non-hydrogen) atoms. The fourth-order valence-electron chi connectivity index (χ4n) is 2.73. The van der Waals surface area contributed by atoms with Gasteiger partial charge >= 0.3 is 0 Å². The Morgan fingerprint density at radius 1 is 0.815 bits per heavy atom. The number of halogens is 1. The van der Waals surface area contributed by atoms with E-state index >= 15 is 0 Å². The van der Waals surface area contributed by atoms with Gasteiger partial charge in [-0.25, -0.2) is 9.67 Å². The number of aromatic hydroxyl groups is 1. The minimum Gasteiger partial charge on any atom is -0.507 e. The van der Waals surface area contributed by atoms with Gasteiger partial charge in [-0.1, -0.05) is 64.5 Å². The lowest BCUT2D eigenvalue weighted by atomic mass is 10.2. The van der Waals surface area contributed by atoms with Crippen molar-refractivity contribution in [3.05, 3.63) is 94.7 Å². The Bertz CT molecular complexity index is 1090. The third-order valence-corrected chi connectivity index (χ3v) is 4.59. The van der Waals surface area contributed by atoms with Gasteiger partial charge in [0.05, 0.1) is 11.3 Å². The van der Waals surface area contributed by atoms with Gasteiger partial charge in [0.2, 0.25) is 0 Å².